The first kappa shape index (κ1) is 15.7. The fourth-order valence-corrected chi connectivity index (χ4v) is 2.04. The Labute approximate surface area is 102 Å². The lowest BCUT2D eigenvalue weighted by Crippen LogP contribution is -2.24. The minimum atomic E-state index is 0.333. The van der Waals surface area contributed by atoms with Gasteiger partial charge in [-0.05, 0) is 30.6 Å². The first-order chi connectivity index (χ1) is 7.47. The summed E-state index contributed by atoms with van der Waals surface area (Å²) >= 11 is 0. The molecule has 1 nitrogen and oxygen atoms in total. The van der Waals surface area contributed by atoms with E-state index in [0.29, 0.717) is 23.0 Å². The molecular formula is C15H30O. The number of hydrogen-bond donors (Lipinski definition) is 0. The van der Waals surface area contributed by atoms with Gasteiger partial charge in [-0.3, -0.25) is 4.79 Å². The lowest BCUT2D eigenvalue weighted by molar-refractivity contribution is -0.121. The summed E-state index contributed by atoms with van der Waals surface area (Å²) < 4.78 is 0. The Morgan fingerprint density at radius 1 is 1.31 bits per heavy atom. The highest BCUT2D eigenvalue weighted by Crippen LogP contribution is 2.38. The minimum absolute atomic E-state index is 0.333. The molecule has 0 radical (unpaired) electrons. The maximum Gasteiger partial charge on any atom is 0.136 e. The summed E-state index contributed by atoms with van der Waals surface area (Å²) in [6.07, 6.45) is 5.55. The fourth-order valence-electron chi connectivity index (χ4n) is 2.04. The van der Waals surface area contributed by atoms with Gasteiger partial charge in [-0.2, -0.15) is 0 Å². The number of rotatable bonds is 6. The standard InChI is InChI=1S/C13H24O.C2H6/c1-5-8-13(3,4)10(2)9-12(14)11-6-7-11;1-2/h10-11H,5-9H2,1-4H3;1-2H3. The van der Waals surface area contributed by atoms with Crippen molar-refractivity contribution in [1.29, 1.82) is 0 Å². The zero-order chi connectivity index (χ0) is 12.8. The molecule has 1 unspecified atom stereocenters. The molecule has 0 spiro atoms. The highest BCUT2D eigenvalue weighted by atomic mass is 16.1. The molecule has 0 aromatic heterocycles. The van der Waals surface area contributed by atoms with Crippen LogP contribution in [0.25, 0.3) is 0 Å². The summed E-state index contributed by atoms with van der Waals surface area (Å²) in [7, 11) is 0. The van der Waals surface area contributed by atoms with Gasteiger partial charge in [-0.1, -0.05) is 48.0 Å². The highest BCUT2D eigenvalue weighted by Gasteiger charge is 2.33. The van der Waals surface area contributed by atoms with E-state index in [4.69, 9.17) is 0 Å². The van der Waals surface area contributed by atoms with Crippen molar-refractivity contribution in [3.05, 3.63) is 0 Å². The van der Waals surface area contributed by atoms with Crippen LogP contribution in [0.4, 0.5) is 0 Å². The van der Waals surface area contributed by atoms with Gasteiger partial charge in [0.2, 0.25) is 0 Å². The van der Waals surface area contributed by atoms with E-state index in [2.05, 4.69) is 27.7 Å². The summed E-state index contributed by atoms with van der Waals surface area (Å²) in [5.41, 5.74) is 0.333. The van der Waals surface area contributed by atoms with Gasteiger partial charge in [-0.15, -0.1) is 0 Å². The SMILES string of the molecule is CC.CCCC(C)(C)C(C)CC(=O)C1CC1. The third kappa shape index (κ3) is 5.14. The van der Waals surface area contributed by atoms with Crippen molar-refractivity contribution in [1.82, 2.24) is 0 Å². The Balaban J connectivity index is 0.00000106. The summed E-state index contributed by atoms with van der Waals surface area (Å²) in [5, 5.41) is 0. The molecule has 16 heavy (non-hydrogen) atoms. The molecule has 1 atom stereocenters. The number of hydrogen-bond acceptors (Lipinski definition) is 1. The second-order valence-electron chi connectivity index (χ2n) is 5.58. The Morgan fingerprint density at radius 3 is 2.19 bits per heavy atom. The molecule has 1 aliphatic carbocycles. The predicted molar refractivity (Wildman–Crippen MR) is 71.5 cm³/mol. The topological polar surface area (TPSA) is 17.1 Å². The van der Waals surface area contributed by atoms with Crippen LogP contribution in [0, 0.1) is 17.3 Å². The molecule has 1 rings (SSSR count). The Morgan fingerprint density at radius 2 is 1.81 bits per heavy atom. The summed E-state index contributed by atoms with van der Waals surface area (Å²) in [5.74, 6) is 1.49. The normalized spacial score (nSPS) is 17.4. The maximum absolute atomic E-state index is 11.7. The zero-order valence-electron chi connectivity index (χ0n) is 12.1. The number of ketones is 1. The molecule has 1 fully saturated rings. The molecule has 96 valence electrons. The predicted octanol–water partition coefficient (Wildman–Crippen LogP) is 4.84. The van der Waals surface area contributed by atoms with Crippen molar-refractivity contribution in [3.8, 4) is 0 Å². The quantitative estimate of drug-likeness (QED) is 0.633. The number of Topliss-reactive ketones (excluding diaryl/α,β-unsaturated/α-hetero) is 1. The van der Waals surface area contributed by atoms with Gasteiger partial charge in [0, 0.05) is 12.3 Å². The highest BCUT2D eigenvalue weighted by molar-refractivity contribution is 5.83. The van der Waals surface area contributed by atoms with Gasteiger partial charge >= 0.3 is 0 Å². The van der Waals surface area contributed by atoms with Crippen molar-refractivity contribution in [2.75, 3.05) is 0 Å². The second-order valence-corrected chi connectivity index (χ2v) is 5.58. The smallest absolute Gasteiger partial charge is 0.136 e. The van der Waals surface area contributed by atoms with E-state index >= 15 is 0 Å². The molecule has 1 saturated carbocycles. The zero-order valence-corrected chi connectivity index (χ0v) is 12.1. The summed E-state index contributed by atoms with van der Waals surface area (Å²) in [6.45, 7) is 13.0. The van der Waals surface area contributed by atoms with E-state index in [1.807, 2.05) is 13.8 Å². The van der Waals surface area contributed by atoms with E-state index in [0.717, 1.165) is 19.3 Å². The van der Waals surface area contributed by atoms with Gasteiger partial charge in [0.15, 0.2) is 0 Å². The first-order valence-electron chi connectivity index (χ1n) is 7.00. The Hall–Kier alpha value is -0.330. The lowest BCUT2D eigenvalue weighted by atomic mass is 9.74. The van der Waals surface area contributed by atoms with Crippen molar-refractivity contribution < 1.29 is 4.79 Å². The monoisotopic (exact) mass is 226 g/mol. The lowest BCUT2D eigenvalue weighted by Gasteiger charge is -2.31. The van der Waals surface area contributed by atoms with Crippen LogP contribution in [0.15, 0.2) is 0 Å². The van der Waals surface area contributed by atoms with Crippen LogP contribution >= 0.6 is 0 Å². The van der Waals surface area contributed by atoms with Crippen molar-refractivity contribution in [3.63, 3.8) is 0 Å². The number of carbonyl (C=O) groups excluding carboxylic acids is 1. The van der Waals surface area contributed by atoms with Crippen molar-refractivity contribution >= 4 is 5.78 Å². The molecule has 0 bridgehead atoms. The third-order valence-electron chi connectivity index (χ3n) is 3.77. The van der Waals surface area contributed by atoms with Gasteiger partial charge < -0.3 is 0 Å². The van der Waals surface area contributed by atoms with Crippen LogP contribution in [0.2, 0.25) is 0 Å². The third-order valence-corrected chi connectivity index (χ3v) is 3.77. The molecule has 1 heteroatoms. The number of carbonyl (C=O) groups is 1. The molecule has 0 aromatic rings. The second kappa shape index (κ2) is 7.09. The average molecular weight is 226 g/mol. The molecule has 0 heterocycles. The van der Waals surface area contributed by atoms with E-state index in [1.54, 1.807) is 0 Å². The minimum Gasteiger partial charge on any atom is -0.299 e. The fraction of sp³-hybridized carbons (Fsp3) is 0.933. The Bertz CT molecular complexity index is 201. The van der Waals surface area contributed by atoms with Crippen LogP contribution in [-0.4, -0.2) is 5.78 Å². The van der Waals surface area contributed by atoms with E-state index < -0.39 is 0 Å². The van der Waals surface area contributed by atoms with Gasteiger partial charge in [0.05, 0.1) is 0 Å². The van der Waals surface area contributed by atoms with Crippen LogP contribution in [-0.2, 0) is 4.79 Å². The first-order valence-corrected chi connectivity index (χ1v) is 7.00. The van der Waals surface area contributed by atoms with Gasteiger partial charge in [0.25, 0.3) is 0 Å². The van der Waals surface area contributed by atoms with Crippen molar-refractivity contribution in [2.45, 2.75) is 73.6 Å². The van der Waals surface area contributed by atoms with Gasteiger partial charge in [0.1, 0.15) is 5.78 Å². The molecule has 0 N–H and O–H groups in total. The van der Waals surface area contributed by atoms with Gasteiger partial charge in [-0.25, -0.2) is 0 Å². The van der Waals surface area contributed by atoms with E-state index in [9.17, 15) is 4.79 Å². The average Bonchev–Trinajstić information content (AvgIpc) is 3.03. The van der Waals surface area contributed by atoms with E-state index in [-0.39, 0.29) is 0 Å². The molecular weight excluding hydrogens is 196 g/mol. The van der Waals surface area contributed by atoms with E-state index in [1.165, 1.54) is 12.8 Å². The van der Waals surface area contributed by atoms with Crippen LogP contribution < -0.4 is 0 Å². The molecule has 0 saturated heterocycles. The van der Waals surface area contributed by atoms with Crippen molar-refractivity contribution in [2.24, 2.45) is 17.3 Å². The molecule has 0 aliphatic heterocycles. The largest absolute Gasteiger partial charge is 0.299 e. The Kier molecular flexibility index (Phi) is 6.94. The summed E-state index contributed by atoms with van der Waals surface area (Å²) in [4.78, 5) is 11.7. The van der Waals surface area contributed by atoms with Crippen LogP contribution in [0.3, 0.4) is 0 Å². The molecule has 0 aromatic carbocycles. The molecule has 1 aliphatic rings. The summed E-state index contributed by atoms with van der Waals surface area (Å²) in [6, 6.07) is 0. The molecule has 0 amide bonds. The maximum atomic E-state index is 11.7. The van der Waals surface area contributed by atoms with Crippen LogP contribution in [0.5, 0.6) is 0 Å². The van der Waals surface area contributed by atoms with Crippen LogP contribution in [0.1, 0.15) is 73.6 Å².